The van der Waals surface area contributed by atoms with Gasteiger partial charge in [-0.25, -0.2) is 0 Å². The zero-order valence-electron chi connectivity index (χ0n) is 15.1. The molecule has 3 nitrogen and oxygen atoms in total. The van der Waals surface area contributed by atoms with Gasteiger partial charge in [-0.3, -0.25) is 9.69 Å². The Balaban J connectivity index is 1.76. The van der Waals surface area contributed by atoms with Crippen LogP contribution in [0.2, 0.25) is 0 Å². The number of carbonyl (C=O) groups excluding carboxylic acids is 1. The van der Waals surface area contributed by atoms with Crippen LogP contribution in [-0.2, 0) is 11.3 Å². The number of hydrogen-bond acceptors (Lipinski definition) is 2. The molecule has 0 unspecified atom stereocenters. The van der Waals surface area contributed by atoms with Crippen molar-refractivity contribution in [1.29, 1.82) is 0 Å². The van der Waals surface area contributed by atoms with E-state index in [1.807, 2.05) is 84.6 Å². The molecule has 1 saturated heterocycles. The Labute approximate surface area is 164 Å². The van der Waals surface area contributed by atoms with Crippen molar-refractivity contribution in [1.82, 2.24) is 4.90 Å². The highest BCUT2D eigenvalue weighted by Crippen LogP contribution is 2.35. The van der Waals surface area contributed by atoms with Gasteiger partial charge in [-0.1, -0.05) is 78.4 Å². The van der Waals surface area contributed by atoms with E-state index in [9.17, 15) is 4.79 Å². The number of rotatable bonds is 4. The molecule has 1 fully saturated rings. The molecule has 0 aliphatic carbocycles. The maximum atomic E-state index is 13.4. The molecular weight excluding hydrogens is 352 g/mol. The van der Waals surface area contributed by atoms with E-state index in [2.05, 4.69) is 12.1 Å². The third-order valence-corrected chi connectivity index (χ3v) is 5.22. The molecular formula is C23H20N2OS. The lowest BCUT2D eigenvalue weighted by Gasteiger charge is -2.24. The zero-order chi connectivity index (χ0) is 18.8. The van der Waals surface area contributed by atoms with Crippen LogP contribution >= 0.6 is 12.2 Å². The summed E-state index contributed by atoms with van der Waals surface area (Å²) in [6.07, 6.45) is 0. The van der Waals surface area contributed by atoms with Crippen LogP contribution in [0.15, 0.2) is 84.9 Å². The van der Waals surface area contributed by atoms with Crippen LogP contribution in [0.5, 0.6) is 0 Å². The number of benzene rings is 3. The second kappa shape index (κ2) is 7.33. The Morgan fingerprint density at radius 1 is 0.852 bits per heavy atom. The van der Waals surface area contributed by atoms with Gasteiger partial charge in [0, 0.05) is 6.54 Å². The molecule has 0 bridgehead atoms. The quantitative estimate of drug-likeness (QED) is 0.611. The molecule has 0 N–H and O–H groups in total. The highest BCUT2D eigenvalue weighted by atomic mass is 32.1. The minimum Gasteiger partial charge on any atom is -0.328 e. The standard InChI is InChI=1S/C23H20N2OS/c1-17-12-14-19(15-13-17)21-22(26)25(20-10-6-3-7-11-20)23(27)24(21)16-18-8-4-2-5-9-18/h2-15,21H,16H2,1H3/t21-/m0/s1. The van der Waals surface area contributed by atoms with E-state index in [1.165, 1.54) is 5.56 Å². The molecule has 4 heteroatoms. The smallest absolute Gasteiger partial charge is 0.260 e. The summed E-state index contributed by atoms with van der Waals surface area (Å²) in [6, 6.07) is 27.4. The molecule has 1 heterocycles. The fraction of sp³-hybridized carbons (Fsp3) is 0.130. The summed E-state index contributed by atoms with van der Waals surface area (Å²) in [4.78, 5) is 17.1. The predicted octanol–water partition coefficient (Wildman–Crippen LogP) is 4.87. The lowest BCUT2D eigenvalue weighted by atomic mass is 10.0. The van der Waals surface area contributed by atoms with Crippen LogP contribution in [0.1, 0.15) is 22.7 Å². The molecule has 27 heavy (non-hydrogen) atoms. The van der Waals surface area contributed by atoms with Crippen LogP contribution in [0.25, 0.3) is 0 Å². The van der Waals surface area contributed by atoms with E-state index in [0.717, 1.165) is 16.8 Å². The van der Waals surface area contributed by atoms with E-state index in [4.69, 9.17) is 12.2 Å². The van der Waals surface area contributed by atoms with Crippen molar-refractivity contribution in [2.45, 2.75) is 19.5 Å². The van der Waals surface area contributed by atoms with E-state index in [1.54, 1.807) is 4.90 Å². The summed E-state index contributed by atoms with van der Waals surface area (Å²) >= 11 is 5.75. The molecule has 3 aromatic rings. The Bertz CT molecular complexity index is 955. The van der Waals surface area contributed by atoms with Gasteiger partial charge in [-0.05, 0) is 42.4 Å². The maximum Gasteiger partial charge on any atom is 0.260 e. The van der Waals surface area contributed by atoms with Crippen molar-refractivity contribution in [3.05, 3.63) is 102 Å². The molecule has 134 valence electrons. The number of thiocarbonyl (C=S) groups is 1. The number of carbonyl (C=O) groups is 1. The third-order valence-electron chi connectivity index (χ3n) is 4.81. The van der Waals surface area contributed by atoms with Gasteiger partial charge in [0.1, 0.15) is 6.04 Å². The lowest BCUT2D eigenvalue weighted by Crippen LogP contribution is -2.32. The monoisotopic (exact) mass is 372 g/mol. The van der Waals surface area contributed by atoms with E-state index in [0.29, 0.717) is 11.7 Å². The molecule has 0 radical (unpaired) electrons. The van der Waals surface area contributed by atoms with Crippen molar-refractivity contribution in [2.75, 3.05) is 4.90 Å². The molecule has 0 spiro atoms. The van der Waals surface area contributed by atoms with E-state index < -0.39 is 6.04 Å². The van der Waals surface area contributed by atoms with E-state index >= 15 is 0 Å². The summed E-state index contributed by atoms with van der Waals surface area (Å²) in [5.41, 5.74) is 4.06. The molecule has 0 aromatic heterocycles. The normalized spacial score (nSPS) is 16.9. The fourth-order valence-electron chi connectivity index (χ4n) is 3.41. The second-order valence-corrected chi connectivity index (χ2v) is 7.08. The SMILES string of the molecule is Cc1ccc([C@H]2C(=O)N(c3ccccc3)C(=S)N2Cc2ccccc2)cc1. The Morgan fingerprint density at radius 3 is 2.07 bits per heavy atom. The van der Waals surface area contributed by atoms with Gasteiger partial charge in [0.2, 0.25) is 0 Å². The van der Waals surface area contributed by atoms with Crippen molar-refractivity contribution < 1.29 is 4.79 Å². The van der Waals surface area contributed by atoms with Crippen LogP contribution in [0.3, 0.4) is 0 Å². The Hall–Kier alpha value is -2.98. The van der Waals surface area contributed by atoms with Gasteiger partial charge < -0.3 is 4.90 Å². The molecule has 1 aliphatic heterocycles. The average molecular weight is 372 g/mol. The van der Waals surface area contributed by atoms with Crippen molar-refractivity contribution >= 4 is 28.9 Å². The van der Waals surface area contributed by atoms with Crippen molar-refractivity contribution in [3.8, 4) is 0 Å². The van der Waals surface area contributed by atoms with Crippen LogP contribution in [0, 0.1) is 6.92 Å². The number of nitrogens with zero attached hydrogens (tertiary/aromatic N) is 2. The summed E-state index contributed by atoms with van der Waals surface area (Å²) in [5, 5.41) is 0.542. The third kappa shape index (κ3) is 3.36. The first kappa shape index (κ1) is 17.4. The first-order chi connectivity index (χ1) is 13.1. The molecule has 1 atom stereocenters. The van der Waals surface area contributed by atoms with Gasteiger partial charge in [-0.2, -0.15) is 0 Å². The molecule has 0 saturated carbocycles. The summed E-state index contributed by atoms with van der Waals surface area (Å²) in [5.74, 6) is -0.00835. The van der Waals surface area contributed by atoms with Crippen molar-refractivity contribution in [3.63, 3.8) is 0 Å². The number of amides is 1. The maximum absolute atomic E-state index is 13.4. The minimum atomic E-state index is -0.418. The van der Waals surface area contributed by atoms with E-state index in [-0.39, 0.29) is 5.91 Å². The summed E-state index contributed by atoms with van der Waals surface area (Å²) in [7, 11) is 0. The summed E-state index contributed by atoms with van der Waals surface area (Å²) in [6.45, 7) is 2.64. The van der Waals surface area contributed by atoms with Gasteiger partial charge in [0.05, 0.1) is 5.69 Å². The first-order valence-corrected chi connectivity index (χ1v) is 9.36. The molecule has 1 aliphatic rings. The largest absolute Gasteiger partial charge is 0.328 e. The number of aryl methyl sites for hydroxylation is 1. The minimum absolute atomic E-state index is 0.00835. The highest BCUT2D eigenvalue weighted by molar-refractivity contribution is 7.80. The second-order valence-electron chi connectivity index (χ2n) is 6.72. The number of para-hydroxylation sites is 1. The summed E-state index contributed by atoms with van der Waals surface area (Å²) < 4.78 is 0. The molecule has 1 amide bonds. The van der Waals surface area contributed by atoms with Crippen molar-refractivity contribution in [2.24, 2.45) is 0 Å². The average Bonchev–Trinajstić information content (AvgIpc) is 2.94. The van der Waals surface area contributed by atoms with Gasteiger partial charge in [0.15, 0.2) is 5.11 Å². The Kier molecular flexibility index (Phi) is 4.73. The zero-order valence-corrected chi connectivity index (χ0v) is 15.9. The predicted molar refractivity (Wildman–Crippen MR) is 112 cm³/mol. The molecule has 4 rings (SSSR count). The van der Waals surface area contributed by atoms with Gasteiger partial charge >= 0.3 is 0 Å². The highest BCUT2D eigenvalue weighted by Gasteiger charge is 2.43. The van der Waals surface area contributed by atoms with Gasteiger partial charge in [-0.15, -0.1) is 0 Å². The van der Waals surface area contributed by atoms with Crippen LogP contribution in [-0.4, -0.2) is 15.9 Å². The first-order valence-electron chi connectivity index (χ1n) is 8.95. The number of hydrogen-bond donors (Lipinski definition) is 0. The van der Waals surface area contributed by atoms with Gasteiger partial charge in [0.25, 0.3) is 5.91 Å². The lowest BCUT2D eigenvalue weighted by molar-refractivity contribution is -0.120. The topological polar surface area (TPSA) is 23.6 Å². The fourth-order valence-corrected chi connectivity index (χ4v) is 3.78. The Morgan fingerprint density at radius 2 is 1.44 bits per heavy atom. The van der Waals surface area contributed by atoms with Crippen LogP contribution in [0.4, 0.5) is 5.69 Å². The number of anilines is 1. The molecule has 3 aromatic carbocycles. The van der Waals surface area contributed by atoms with Crippen LogP contribution < -0.4 is 4.90 Å².